The number of aromatic nitrogens is 2. The third-order valence-corrected chi connectivity index (χ3v) is 4.39. The van der Waals surface area contributed by atoms with E-state index in [-0.39, 0.29) is 30.0 Å². The number of piperidine rings is 1. The van der Waals surface area contributed by atoms with Crippen molar-refractivity contribution in [3.63, 3.8) is 0 Å². The molecule has 132 valence electrons. The van der Waals surface area contributed by atoms with Gasteiger partial charge in [-0.05, 0) is 30.5 Å². The van der Waals surface area contributed by atoms with Crippen molar-refractivity contribution in [2.45, 2.75) is 19.3 Å². The number of hydrogen-bond acceptors (Lipinski definition) is 3. The second kappa shape index (κ2) is 7.46. The smallest absolute Gasteiger partial charge is 0.229 e. The van der Waals surface area contributed by atoms with Crippen molar-refractivity contribution in [3.05, 3.63) is 48.0 Å². The van der Waals surface area contributed by atoms with Crippen molar-refractivity contribution in [2.75, 3.05) is 18.4 Å². The van der Waals surface area contributed by atoms with Gasteiger partial charge >= 0.3 is 0 Å². The highest BCUT2D eigenvalue weighted by atomic mass is 19.1. The normalized spacial score (nSPS) is 17.4. The first kappa shape index (κ1) is 17.1. The van der Waals surface area contributed by atoms with Gasteiger partial charge in [0.1, 0.15) is 5.82 Å². The second-order valence-corrected chi connectivity index (χ2v) is 6.37. The van der Waals surface area contributed by atoms with Gasteiger partial charge in [0.2, 0.25) is 11.8 Å². The minimum atomic E-state index is -0.318. The SMILES string of the molecule is Cn1cc(NC(=O)[C@H]2CCCN(C(=O)Cc3ccc(F)cc3)C2)cn1. The average Bonchev–Trinajstić information content (AvgIpc) is 3.02. The third-order valence-electron chi connectivity index (χ3n) is 4.39. The van der Waals surface area contributed by atoms with Crippen LogP contribution < -0.4 is 5.32 Å². The van der Waals surface area contributed by atoms with Crippen LogP contribution in [0, 0.1) is 11.7 Å². The van der Waals surface area contributed by atoms with E-state index < -0.39 is 0 Å². The number of likely N-dealkylation sites (tertiary alicyclic amines) is 1. The van der Waals surface area contributed by atoms with E-state index in [4.69, 9.17) is 0 Å². The Morgan fingerprint density at radius 1 is 1.32 bits per heavy atom. The fourth-order valence-corrected chi connectivity index (χ4v) is 3.04. The lowest BCUT2D eigenvalue weighted by Crippen LogP contribution is -2.44. The van der Waals surface area contributed by atoms with Gasteiger partial charge in [0.15, 0.2) is 0 Å². The summed E-state index contributed by atoms with van der Waals surface area (Å²) in [6.07, 6.45) is 5.10. The zero-order chi connectivity index (χ0) is 17.8. The largest absolute Gasteiger partial charge is 0.342 e. The van der Waals surface area contributed by atoms with Crippen molar-refractivity contribution >= 4 is 17.5 Å². The number of hydrogen-bond donors (Lipinski definition) is 1. The van der Waals surface area contributed by atoms with Gasteiger partial charge in [0.25, 0.3) is 0 Å². The first-order valence-electron chi connectivity index (χ1n) is 8.33. The molecule has 1 aromatic carbocycles. The number of halogens is 1. The van der Waals surface area contributed by atoms with E-state index in [1.807, 2.05) is 0 Å². The summed E-state index contributed by atoms with van der Waals surface area (Å²) >= 11 is 0. The molecule has 7 heteroatoms. The Labute approximate surface area is 145 Å². The van der Waals surface area contributed by atoms with Gasteiger partial charge in [-0.15, -0.1) is 0 Å². The molecule has 1 aromatic heterocycles. The predicted molar refractivity (Wildman–Crippen MR) is 91.2 cm³/mol. The Hall–Kier alpha value is -2.70. The molecule has 2 aromatic rings. The Bertz CT molecular complexity index is 757. The van der Waals surface area contributed by atoms with Crippen molar-refractivity contribution in [2.24, 2.45) is 13.0 Å². The fraction of sp³-hybridized carbons (Fsp3) is 0.389. The summed E-state index contributed by atoms with van der Waals surface area (Å²) in [5, 5.41) is 6.87. The van der Waals surface area contributed by atoms with Crippen LogP contribution in [0.3, 0.4) is 0 Å². The van der Waals surface area contributed by atoms with E-state index in [0.29, 0.717) is 18.8 Å². The van der Waals surface area contributed by atoms with Crippen LogP contribution in [-0.4, -0.2) is 39.6 Å². The number of carbonyl (C=O) groups is 2. The molecule has 1 atom stereocenters. The fourth-order valence-electron chi connectivity index (χ4n) is 3.04. The third kappa shape index (κ3) is 4.43. The monoisotopic (exact) mass is 344 g/mol. The number of nitrogens with zero attached hydrogens (tertiary/aromatic N) is 3. The summed E-state index contributed by atoms with van der Waals surface area (Å²) < 4.78 is 14.6. The molecule has 1 aliphatic heterocycles. The molecule has 0 radical (unpaired) electrons. The summed E-state index contributed by atoms with van der Waals surface area (Å²) in [7, 11) is 1.78. The van der Waals surface area contributed by atoms with E-state index >= 15 is 0 Å². The summed E-state index contributed by atoms with van der Waals surface area (Å²) in [5.74, 6) is -0.676. The van der Waals surface area contributed by atoms with Gasteiger partial charge in [0, 0.05) is 26.3 Å². The first-order valence-corrected chi connectivity index (χ1v) is 8.33. The van der Waals surface area contributed by atoms with Crippen molar-refractivity contribution < 1.29 is 14.0 Å². The van der Waals surface area contributed by atoms with Crippen molar-refractivity contribution in [3.8, 4) is 0 Å². The maximum atomic E-state index is 13.0. The predicted octanol–water partition coefficient (Wildman–Crippen LogP) is 1.98. The Morgan fingerprint density at radius 2 is 2.08 bits per heavy atom. The number of rotatable bonds is 4. The number of aryl methyl sites for hydroxylation is 1. The van der Waals surface area contributed by atoms with Crippen LogP contribution >= 0.6 is 0 Å². The van der Waals surface area contributed by atoms with Gasteiger partial charge in [0.05, 0.1) is 24.2 Å². The lowest BCUT2D eigenvalue weighted by atomic mass is 9.96. The Kier molecular flexibility index (Phi) is 5.11. The lowest BCUT2D eigenvalue weighted by Gasteiger charge is -2.32. The molecule has 0 saturated carbocycles. The van der Waals surface area contributed by atoms with Gasteiger partial charge in [-0.2, -0.15) is 5.10 Å². The van der Waals surface area contributed by atoms with Gasteiger partial charge in [-0.25, -0.2) is 4.39 Å². The molecule has 0 aliphatic carbocycles. The number of anilines is 1. The highest BCUT2D eigenvalue weighted by Crippen LogP contribution is 2.19. The zero-order valence-corrected chi connectivity index (χ0v) is 14.1. The Morgan fingerprint density at radius 3 is 2.76 bits per heavy atom. The molecule has 25 heavy (non-hydrogen) atoms. The highest BCUT2D eigenvalue weighted by Gasteiger charge is 2.28. The minimum Gasteiger partial charge on any atom is -0.342 e. The maximum absolute atomic E-state index is 13.0. The van der Waals surface area contributed by atoms with E-state index in [1.54, 1.807) is 41.2 Å². The molecule has 2 heterocycles. The molecule has 1 aliphatic rings. The first-order chi connectivity index (χ1) is 12.0. The maximum Gasteiger partial charge on any atom is 0.229 e. The summed E-state index contributed by atoms with van der Waals surface area (Å²) in [6, 6.07) is 5.93. The van der Waals surface area contributed by atoms with Crippen LogP contribution in [0.5, 0.6) is 0 Å². The molecule has 6 nitrogen and oxygen atoms in total. The van der Waals surface area contributed by atoms with Crippen molar-refractivity contribution in [1.29, 1.82) is 0 Å². The Balaban J connectivity index is 1.57. The average molecular weight is 344 g/mol. The molecular weight excluding hydrogens is 323 g/mol. The summed E-state index contributed by atoms with van der Waals surface area (Å²) in [6.45, 7) is 1.06. The molecular formula is C18H21FN4O2. The zero-order valence-electron chi connectivity index (χ0n) is 14.1. The number of benzene rings is 1. The molecule has 0 spiro atoms. The molecule has 0 unspecified atom stereocenters. The minimum absolute atomic E-state index is 0.0366. The quantitative estimate of drug-likeness (QED) is 0.922. The summed E-state index contributed by atoms with van der Waals surface area (Å²) in [5.41, 5.74) is 1.43. The molecule has 1 saturated heterocycles. The van der Waals surface area contributed by atoms with Gasteiger partial charge < -0.3 is 10.2 Å². The number of carbonyl (C=O) groups excluding carboxylic acids is 2. The van der Waals surface area contributed by atoms with E-state index in [2.05, 4.69) is 10.4 Å². The van der Waals surface area contributed by atoms with E-state index in [1.165, 1.54) is 12.1 Å². The van der Waals surface area contributed by atoms with Crippen LogP contribution in [0.4, 0.5) is 10.1 Å². The molecule has 1 N–H and O–H groups in total. The van der Waals surface area contributed by atoms with Crippen LogP contribution in [0.2, 0.25) is 0 Å². The van der Waals surface area contributed by atoms with Crippen LogP contribution in [0.1, 0.15) is 18.4 Å². The topological polar surface area (TPSA) is 67.2 Å². The van der Waals surface area contributed by atoms with Gasteiger partial charge in [-0.1, -0.05) is 12.1 Å². The van der Waals surface area contributed by atoms with Crippen LogP contribution in [0.25, 0.3) is 0 Å². The molecule has 1 fully saturated rings. The standard InChI is InChI=1S/C18H21FN4O2/c1-22-12-16(10-20-22)21-18(25)14-3-2-8-23(11-14)17(24)9-13-4-6-15(19)7-5-13/h4-7,10,12,14H,2-3,8-9,11H2,1H3,(H,21,25)/t14-/m0/s1. The summed E-state index contributed by atoms with van der Waals surface area (Å²) in [4.78, 5) is 26.6. The van der Waals surface area contributed by atoms with Crippen LogP contribution in [-0.2, 0) is 23.1 Å². The van der Waals surface area contributed by atoms with Gasteiger partial charge in [-0.3, -0.25) is 14.3 Å². The second-order valence-electron chi connectivity index (χ2n) is 6.37. The molecule has 2 amide bonds. The molecule has 3 rings (SSSR count). The lowest BCUT2D eigenvalue weighted by molar-refractivity contribution is -0.133. The molecule has 0 bridgehead atoms. The van der Waals surface area contributed by atoms with E-state index in [0.717, 1.165) is 18.4 Å². The van der Waals surface area contributed by atoms with Crippen LogP contribution in [0.15, 0.2) is 36.7 Å². The number of amides is 2. The highest BCUT2D eigenvalue weighted by molar-refractivity contribution is 5.93. The van der Waals surface area contributed by atoms with E-state index in [9.17, 15) is 14.0 Å². The number of nitrogens with one attached hydrogen (secondary N) is 1. The van der Waals surface area contributed by atoms with Crippen molar-refractivity contribution in [1.82, 2.24) is 14.7 Å².